The molecule has 0 amide bonds. The molecule has 0 saturated carbocycles. The van der Waals surface area contributed by atoms with Crippen LogP contribution in [-0.2, 0) is 16.6 Å². The number of sulfonamides is 1. The van der Waals surface area contributed by atoms with Crippen molar-refractivity contribution in [2.24, 2.45) is 5.73 Å². The second kappa shape index (κ2) is 7.86. The first-order valence-electron chi connectivity index (χ1n) is 6.46. The van der Waals surface area contributed by atoms with Crippen molar-refractivity contribution in [1.82, 2.24) is 9.21 Å². The van der Waals surface area contributed by atoms with Gasteiger partial charge in [0.05, 0.1) is 3.79 Å². The normalized spacial score (nSPS) is 12.6. The molecule has 116 valence electrons. The molecule has 0 aliphatic heterocycles. The number of hydrogen-bond acceptors (Lipinski definition) is 5. The van der Waals surface area contributed by atoms with Gasteiger partial charge in [-0.3, -0.25) is 0 Å². The third-order valence-corrected chi connectivity index (χ3v) is 7.14. The predicted octanol–water partition coefficient (Wildman–Crippen LogP) is 1.93. The standard InChI is InChI=1S/C12H22BrN3O2S2/c1-4-16(7-5-6-15(2)3)20(17,18)11-8-10(9-14)19-12(11)13/h8H,4-7,9,14H2,1-3H3. The van der Waals surface area contributed by atoms with Gasteiger partial charge in [-0.15, -0.1) is 11.3 Å². The molecule has 0 bridgehead atoms. The van der Waals surface area contributed by atoms with Crippen LogP contribution in [0.25, 0.3) is 0 Å². The van der Waals surface area contributed by atoms with Crippen molar-refractivity contribution < 1.29 is 8.42 Å². The monoisotopic (exact) mass is 383 g/mol. The first-order chi connectivity index (χ1) is 9.32. The van der Waals surface area contributed by atoms with Gasteiger partial charge in [-0.2, -0.15) is 4.31 Å². The molecule has 0 spiro atoms. The lowest BCUT2D eigenvalue weighted by Crippen LogP contribution is -2.33. The molecule has 0 fully saturated rings. The number of nitrogens with two attached hydrogens (primary N) is 1. The van der Waals surface area contributed by atoms with E-state index in [0.717, 1.165) is 17.8 Å². The van der Waals surface area contributed by atoms with Gasteiger partial charge in [0.1, 0.15) is 4.90 Å². The molecule has 0 aliphatic rings. The number of rotatable bonds is 8. The van der Waals surface area contributed by atoms with Gasteiger partial charge in [0, 0.05) is 24.5 Å². The summed E-state index contributed by atoms with van der Waals surface area (Å²) in [6, 6.07) is 1.67. The molecule has 0 aliphatic carbocycles. The second-order valence-corrected chi connectivity index (χ2v) is 9.07. The van der Waals surface area contributed by atoms with Gasteiger partial charge >= 0.3 is 0 Å². The first-order valence-corrected chi connectivity index (χ1v) is 9.51. The Bertz CT molecular complexity index is 529. The van der Waals surface area contributed by atoms with E-state index in [-0.39, 0.29) is 0 Å². The summed E-state index contributed by atoms with van der Waals surface area (Å²) >= 11 is 4.71. The molecule has 0 aromatic carbocycles. The summed E-state index contributed by atoms with van der Waals surface area (Å²) in [5, 5.41) is 0. The molecule has 1 aromatic rings. The Morgan fingerprint density at radius 1 is 1.35 bits per heavy atom. The first kappa shape index (κ1) is 18.1. The highest BCUT2D eigenvalue weighted by Crippen LogP contribution is 2.33. The Labute approximate surface area is 133 Å². The third-order valence-electron chi connectivity index (χ3n) is 2.89. The van der Waals surface area contributed by atoms with Crippen molar-refractivity contribution in [1.29, 1.82) is 0 Å². The summed E-state index contributed by atoms with van der Waals surface area (Å²) in [5.74, 6) is 0. The van der Waals surface area contributed by atoms with E-state index in [9.17, 15) is 8.42 Å². The Morgan fingerprint density at radius 3 is 2.45 bits per heavy atom. The van der Waals surface area contributed by atoms with Gasteiger partial charge in [-0.1, -0.05) is 6.92 Å². The fourth-order valence-corrected chi connectivity index (χ4v) is 5.82. The zero-order chi connectivity index (χ0) is 15.3. The maximum Gasteiger partial charge on any atom is 0.245 e. The maximum atomic E-state index is 12.6. The van der Waals surface area contributed by atoms with Crippen molar-refractivity contribution in [2.45, 2.75) is 24.8 Å². The van der Waals surface area contributed by atoms with Crippen LogP contribution in [0.1, 0.15) is 18.2 Å². The van der Waals surface area contributed by atoms with Crippen LogP contribution >= 0.6 is 27.3 Å². The van der Waals surface area contributed by atoms with Gasteiger partial charge in [-0.25, -0.2) is 8.42 Å². The van der Waals surface area contributed by atoms with E-state index in [1.54, 1.807) is 6.07 Å². The fraction of sp³-hybridized carbons (Fsp3) is 0.667. The van der Waals surface area contributed by atoms with E-state index in [0.29, 0.717) is 28.3 Å². The Balaban J connectivity index is 2.90. The average Bonchev–Trinajstić information content (AvgIpc) is 2.76. The van der Waals surface area contributed by atoms with Crippen molar-refractivity contribution in [3.8, 4) is 0 Å². The largest absolute Gasteiger partial charge is 0.326 e. The molecule has 0 atom stereocenters. The molecule has 1 aromatic heterocycles. The Kier molecular flexibility index (Phi) is 7.10. The third kappa shape index (κ3) is 4.51. The van der Waals surface area contributed by atoms with Gasteiger partial charge in [0.15, 0.2) is 0 Å². The second-order valence-electron chi connectivity index (χ2n) is 4.71. The van der Waals surface area contributed by atoms with Gasteiger partial charge in [0.2, 0.25) is 10.0 Å². The topological polar surface area (TPSA) is 66.6 Å². The summed E-state index contributed by atoms with van der Waals surface area (Å²) in [6.45, 7) is 4.07. The predicted molar refractivity (Wildman–Crippen MR) is 87.5 cm³/mol. The van der Waals surface area contributed by atoms with Gasteiger partial charge in [-0.05, 0) is 49.1 Å². The molecule has 0 radical (unpaired) electrons. The van der Waals surface area contributed by atoms with E-state index >= 15 is 0 Å². The van der Waals surface area contributed by atoms with E-state index in [1.807, 2.05) is 25.9 Å². The fourth-order valence-electron chi connectivity index (χ4n) is 1.82. The minimum absolute atomic E-state index is 0.328. The molecular formula is C12H22BrN3O2S2. The molecular weight excluding hydrogens is 362 g/mol. The highest BCUT2D eigenvalue weighted by molar-refractivity contribution is 9.11. The SMILES string of the molecule is CCN(CCCN(C)C)S(=O)(=O)c1cc(CN)sc1Br. The summed E-state index contributed by atoms with van der Waals surface area (Å²) in [5.41, 5.74) is 5.57. The number of thiophene rings is 1. The Hall–Kier alpha value is 0.01000. The number of halogens is 1. The quantitative estimate of drug-likeness (QED) is 0.744. The average molecular weight is 384 g/mol. The Morgan fingerprint density at radius 2 is 2.00 bits per heavy atom. The minimum atomic E-state index is -3.45. The van der Waals surface area contributed by atoms with Crippen LogP contribution in [0.3, 0.4) is 0 Å². The highest BCUT2D eigenvalue weighted by Gasteiger charge is 2.26. The molecule has 0 saturated heterocycles. The lowest BCUT2D eigenvalue weighted by molar-refractivity contribution is 0.356. The van der Waals surface area contributed by atoms with E-state index in [2.05, 4.69) is 15.9 Å². The van der Waals surface area contributed by atoms with E-state index < -0.39 is 10.0 Å². The maximum absolute atomic E-state index is 12.6. The van der Waals surface area contributed by atoms with Crippen molar-refractivity contribution in [3.63, 3.8) is 0 Å². The van der Waals surface area contributed by atoms with Crippen LogP contribution < -0.4 is 5.73 Å². The summed E-state index contributed by atoms with van der Waals surface area (Å²) in [6.07, 6.45) is 0.811. The van der Waals surface area contributed by atoms with Crippen LogP contribution in [-0.4, -0.2) is 51.4 Å². The zero-order valence-corrected chi connectivity index (χ0v) is 15.3. The molecule has 2 N–H and O–H groups in total. The van der Waals surface area contributed by atoms with E-state index in [4.69, 9.17) is 5.73 Å². The van der Waals surface area contributed by atoms with Crippen LogP contribution in [0.15, 0.2) is 14.7 Å². The molecule has 0 unspecified atom stereocenters. The van der Waals surface area contributed by atoms with E-state index in [1.165, 1.54) is 15.6 Å². The van der Waals surface area contributed by atoms with Crippen molar-refractivity contribution >= 4 is 37.3 Å². The summed E-state index contributed by atoms with van der Waals surface area (Å²) in [7, 11) is 0.514. The minimum Gasteiger partial charge on any atom is -0.326 e. The highest BCUT2D eigenvalue weighted by atomic mass is 79.9. The molecule has 20 heavy (non-hydrogen) atoms. The molecule has 5 nitrogen and oxygen atoms in total. The molecule has 1 rings (SSSR count). The van der Waals surface area contributed by atoms with Crippen LogP contribution in [0.2, 0.25) is 0 Å². The lowest BCUT2D eigenvalue weighted by atomic mass is 10.4. The van der Waals surface area contributed by atoms with Crippen molar-refractivity contribution in [3.05, 3.63) is 14.7 Å². The van der Waals surface area contributed by atoms with Gasteiger partial charge in [0.25, 0.3) is 0 Å². The summed E-state index contributed by atoms with van der Waals surface area (Å²) < 4.78 is 27.4. The number of hydrogen-bond donors (Lipinski definition) is 1. The molecule has 1 heterocycles. The van der Waals surface area contributed by atoms with Crippen molar-refractivity contribution in [2.75, 3.05) is 33.7 Å². The van der Waals surface area contributed by atoms with Crippen LogP contribution in [0.5, 0.6) is 0 Å². The smallest absolute Gasteiger partial charge is 0.245 e. The summed E-state index contributed by atoms with van der Waals surface area (Å²) in [4.78, 5) is 3.24. The number of nitrogens with zero attached hydrogens (tertiary/aromatic N) is 2. The zero-order valence-electron chi connectivity index (χ0n) is 12.1. The van der Waals surface area contributed by atoms with Crippen LogP contribution in [0, 0.1) is 0 Å². The van der Waals surface area contributed by atoms with Gasteiger partial charge < -0.3 is 10.6 Å². The van der Waals surface area contributed by atoms with Crippen LogP contribution in [0.4, 0.5) is 0 Å². The molecule has 8 heteroatoms. The lowest BCUT2D eigenvalue weighted by Gasteiger charge is -2.21.